The zero-order valence-corrected chi connectivity index (χ0v) is 7.35. The van der Waals surface area contributed by atoms with Crippen LogP contribution in [0.4, 0.5) is 4.79 Å². The molecule has 2 amide bonds. The van der Waals surface area contributed by atoms with Gasteiger partial charge in [-0.05, 0) is 13.3 Å². The molecule has 0 fully saturated rings. The van der Waals surface area contributed by atoms with Crippen molar-refractivity contribution in [2.75, 3.05) is 6.61 Å². The van der Waals surface area contributed by atoms with E-state index in [9.17, 15) is 9.59 Å². The quantitative estimate of drug-likeness (QED) is 0.649. The van der Waals surface area contributed by atoms with Crippen LogP contribution in [0.25, 0.3) is 0 Å². The first kappa shape index (κ1) is 10.7. The molecule has 0 aliphatic rings. The van der Waals surface area contributed by atoms with Crippen LogP contribution in [0.15, 0.2) is 12.2 Å². The van der Waals surface area contributed by atoms with Crippen molar-refractivity contribution in [2.45, 2.75) is 20.3 Å². The summed E-state index contributed by atoms with van der Waals surface area (Å²) in [7, 11) is 0. The minimum absolute atomic E-state index is 0.281. The molecule has 68 valence electrons. The molecule has 0 saturated heterocycles. The van der Waals surface area contributed by atoms with Crippen LogP contribution in [0, 0.1) is 0 Å². The Balaban J connectivity index is 3.69. The molecule has 0 radical (unpaired) electrons. The molecular formula is C8H13NO3. The van der Waals surface area contributed by atoms with Gasteiger partial charge in [-0.25, -0.2) is 4.79 Å². The van der Waals surface area contributed by atoms with Crippen LogP contribution in [-0.4, -0.2) is 18.6 Å². The van der Waals surface area contributed by atoms with Gasteiger partial charge in [0, 0.05) is 5.57 Å². The van der Waals surface area contributed by atoms with E-state index in [1.54, 1.807) is 0 Å². The number of hydrogen-bond acceptors (Lipinski definition) is 3. The van der Waals surface area contributed by atoms with Gasteiger partial charge < -0.3 is 4.74 Å². The molecule has 4 heteroatoms. The summed E-state index contributed by atoms with van der Waals surface area (Å²) in [6, 6.07) is 0. The Morgan fingerprint density at radius 1 is 1.50 bits per heavy atom. The number of carbonyl (C=O) groups excluding carboxylic acids is 2. The van der Waals surface area contributed by atoms with Crippen LogP contribution < -0.4 is 5.32 Å². The fourth-order valence-corrected chi connectivity index (χ4v) is 0.430. The van der Waals surface area contributed by atoms with E-state index in [1.165, 1.54) is 6.92 Å². The lowest BCUT2D eigenvalue weighted by Gasteiger charge is -2.03. The molecule has 0 bridgehead atoms. The fourth-order valence-electron chi connectivity index (χ4n) is 0.430. The molecule has 0 rings (SSSR count). The molecule has 0 unspecified atom stereocenters. The second-order valence-corrected chi connectivity index (χ2v) is 2.37. The summed E-state index contributed by atoms with van der Waals surface area (Å²) in [6.45, 7) is 7.07. The van der Waals surface area contributed by atoms with Gasteiger partial charge >= 0.3 is 6.09 Å². The van der Waals surface area contributed by atoms with Crippen LogP contribution in [-0.2, 0) is 9.53 Å². The third kappa shape index (κ3) is 4.49. The maximum atomic E-state index is 10.8. The first-order valence-corrected chi connectivity index (χ1v) is 3.71. The van der Waals surface area contributed by atoms with Crippen LogP contribution in [0.1, 0.15) is 20.3 Å². The van der Waals surface area contributed by atoms with Crippen molar-refractivity contribution in [3.63, 3.8) is 0 Å². The largest absolute Gasteiger partial charge is 0.449 e. The highest BCUT2D eigenvalue weighted by Crippen LogP contribution is 1.87. The standard InChI is InChI=1S/C8H13NO3/c1-4-5-12-8(11)9-7(10)6(2)3/h2,4-5H2,1,3H3,(H,9,10,11). The van der Waals surface area contributed by atoms with Gasteiger partial charge in [0.05, 0.1) is 6.61 Å². The number of ether oxygens (including phenoxy) is 1. The van der Waals surface area contributed by atoms with Gasteiger partial charge in [0.2, 0.25) is 0 Å². The van der Waals surface area contributed by atoms with Crippen LogP contribution in [0.5, 0.6) is 0 Å². The van der Waals surface area contributed by atoms with E-state index < -0.39 is 12.0 Å². The van der Waals surface area contributed by atoms with E-state index in [0.29, 0.717) is 6.61 Å². The predicted molar refractivity (Wildman–Crippen MR) is 44.6 cm³/mol. The average Bonchev–Trinajstić information content (AvgIpc) is 2.00. The first-order chi connectivity index (χ1) is 5.57. The Morgan fingerprint density at radius 3 is 2.50 bits per heavy atom. The van der Waals surface area contributed by atoms with Crippen molar-refractivity contribution in [1.29, 1.82) is 0 Å². The van der Waals surface area contributed by atoms with Gasteiger partial charge in [0.1, 0.15) is 0 Å². The normalized spacial score (nSPS) is 8.83. The van der Waals surface area contributed by atoms with Crippen LogP contribution in [0.3, 0.4) is 0 Å². The second-order valence-electron chi connectivity index (χ2n) is 2.37. The maximum absolute atomic E-state index is 10.8. The Labute approximate surface area is 71.6 Å². The molecule has 12 heavy (non-hydrogen) atoms. The Hall–Kier alpha value is -1.32. The molecule has 0 heterocycles. The Morgan fingerprint density at radius 2 is 2.08 bits per heavy atom. The lowest BCUT2D eigenvalue weighted by molar-refractivity contribution is -0.116. The van der Waals surface area contributed by atoms with Gasteiger partial charge in [-0.3, -0.25) is 10.1 Å². The second kappa shape index (κ2) is 5.35. The van der Waals surface area contributed by atoms with Crippen molar-refractivity contribution in [1.82, 2.24) is 5.32 Å². The van der Waals surface area contributed by atoms with Gasteiger partial charge in [-0.2, -0.15) is 0 Å². The van der Waals surface area contributed by atoms with E-state index in [0.717, 1.165) is 6.42 Å². The Kier molecular flexibility index (Phi) is 4.76. The van der Waals surface area contributed by atoms with Crippen molar-refractivity contribution in [2.24, 2.45) is 0 Å². The Bertz CT molecular complexity index is 198. The number of rotatable bonds is 3. The van der Waals surface area contributed by atoms with Gasteiger partial charge in [-0.1, -0.05) is 13.5 Å². The first-order valence-electron chi connectivity index (χ1n) is 3.71. The summed E-state index contributed by atoms with van der Waals surface area (Å²) in [4.78, 5) is 21.5. The topological polar surface area (TPSA) is 55.4 Å². The van der Waals surface area contributed by atoms with Crippen molar-refractivity contribution in [3.05, 3.63) is 12.2 Å². The summed E-state index contributed by atoms with van der Waals surface area (Å²) in [6.07, 6.45) is 0.0131. The molecule has 4 nitrogen and oxygen atoms in total. The van der Waals surface area contributed by atoms with Crippen molar-refractivity contribution >= 4 is 12.0 Å². The third-order valence-electron chi connectivity index (χ3n) is 1.04. The van der Waals surface area contributed by atoms with E-state index in [2.05, 4.69) is 11.3 Å². The molecule has 1 N–H and O–H groups in total. The highest BCUT2D eigenvalue weighted by molar-refractivity contribution is 6.01. The van der Waals surface area contributed by atoms with E-state index in [4.69, 9.17) is 0 Å². The summed E-state index contributed by atoms with van der Waals surface area (Å²) < 4.78 is 4.60. The molecule has 0 aromatic heterocycles. The van der Waals surface area contributed by atoms with Gasteiger partial charge in [0.25, 0.3) is 5.91 Å². The molecular weight excluding hydrogens is 158 g/mol. The number of amides is 2. The molecule has 0 aliphatic carbocycles. The molecule has 0 atom stereocenters. The van der Waals surface area contributed by atoms with Crippen molar-refractivity contribution < 1.29 is 14.3 Å². The highest BCUT2D eigenvalue weighted by atomic mass is 16.5. The third-order valence-corrected chi connectivity index (χ3v) is 1.04. The minimum Gasteiger partial charge on any atom is -0.449 e. The van der Waals surface area contributed by atoms with Crippen LogP contribution >= 0.6 is 0 Å². The molecule has 0 saturated carbocycles. The number of hydrogen-bond donors (Lipinski definition) is 1. The molecule has 0 aliphatic heterocycles. The summed E-state index contributed by atoms with van der Waals surface area (Å²) in [5.41, 5.74) is 0.281. The lowest BCUT2D eigenvalue weighted by Crippen LogP contribution is -2.31. The fraction of sp³-hybridized carbons (Fsp3) is 0.500. The molecule has 0 aromatic rings. The average molecular weight is 171 g/mol. The number of alkyl carbamates (subject to hydrolysis) is 1. The summed E-state index contributed by atoms with van der Waals surface area (Å²) in [5, 5.41) is 2.01. The zero-order chi connectivity index (χ0) is 9.56. The van der Waals surface area contributed by atoms with Gasteiger partial charge in [0.15, 0.2) is 0 Å². The maximum Gasteiger partial charge on any atom is 0.414 e. The van der Waals surface area contributed by atoms with Gasteiger partial charge in [-0.15, -0.1) is 0 Å². The minimum atomic E-state index is -0.718. The number of nitrogens with one attached hydrogen (secondary N) is 1. The predicted octanol–water partition coefficient (Wildman–Crippen LogP) is 1.23. The molecule has 0 aromatic carbocycles. The molecule has 0 spiro atoms. The monoisotopic (exact) mass is 171 g/mol. The summed E-state index contributed by atoms with van der Waals surface area (Å²) >= 11 is 0. The van der Waals surface area contributed by atoms with Crippen LogP contribution in [0.2, 0.25) is 0 Å². The summed E-state index contributed by atoms with van der Waals surface area (Å²) in [5.74, 6) is -0.504. The smallest absolute Gasteiger partial charge is 0.414 e. The highest BCUT2D eigenvalue weighted by Gasteiger charge is 2.07. The van der Waals surface area contributed by atoms with E-state index >= 15 is 0 Å². The number of carbonyl (C=O) groups is 2. The lowest BCUT2D eigenvalue weighted by atomic mass is 10.3. The SMILES string of the molecule is C=C(C)C(=O)NC(=O)OCCC. The number of imide groups is 1. The zero-order valence-electron chi connectivity index (χ0n) is 7.35. The van der Waals surface area contributed by atoms with E-state index in [1.807, 2.05) is 12.2 Å². The van der Waals surface area contributed by atoms with E-state index in [-0.39, 0.29) is 5.57 Å². The van der Waals surface area contributed by atoms with Crippen molar-refractivity contribution in [3.8, 4) is 0 Å².